The Kier molecular flexibility index (Phi) is 8.13. The second-order valence-corrected chi connectivity index (χ2v) is 9.55. The van der Waals surface area contributed by atoms with Crippen LogP contribution in [0.4, 0.5) is 5.69 Å². The number of rotatable bonds is 8. The third kappa shape index (κ3) is 5.70. The zero-order valence-corrected chi connectivity index (χ0v) is 21.2. The van der Waals surface area contributed by atoms with Crippen molar-refractivity contribution in [3.63, 3.8) is 0 Å². The van der Waals surface area contributed by atoms with E-state index in [1.807, 2.05) is 43.3 Å². The van der Waals surface area contributed by atoms with Crippen LogP contribution in [-0.2, 0) is 9.53 Å². The molecule has 0 spiro atoms. The molecule has 2 heterocycles. The lowest BCUT2D eigenvalue weighted by Crippen LogP contribution is -2.42. The van der Waals surface area contributed by atoms with Crippen LogP contribution in [0.2, 0.25) is 0 Å². The van der Waals surface area contributed by atoms with E-state index in [1.165, 1.54) is 7.11 Å². The van der Waals surface area contributed by atoms with Crippen LogP contribution in [0.1, 0.15) is 55.1 Å². The molecule has 1 atom stereocenters. The summed E-state index contributed by atoms with van der Waals surface area (Å²) in [5.41, 5.74) is 3.42. The second kappa shape index (κ2) is 11.4. The fourth-order valence-electron chi connectivity index (χ4n) is 4.18. The number of benzene rings is 2. The molecule has 1 amide bonds. The van der Waals surface area contributed by atoms with Gasteiger partial charge in [0.2, 0.25) is 0 Å². The Hall–Kier alpha value is -3.26. The first-order valence-corrected chi connectivity index (χ1v) is 12.9. The molecular formula is C27H31N3O4S. The topological polar surface area (TPSA) is 80.2 Å². The summed E-state index contributed by atoms with van der Waals surface area (Å²) in [5, 5.41) is 3.88. The van der Waals surface area contributed by atoms with Crippen LogP contribution >= 0.6 is 11.8 Å². The maximum Gasteiger partial charge on any atom is 0.338 e. The number of anilines is 1. The lowest BCUT2D eigenvalue weighted by molar-refractivity contribution is -0.136. The molecule has 1 N–H and O–H groups in total. The Morgan fingerprint density at radius 1 is 1.14 bits per heavy atom. The predicted octanol–water partition coefficient (Wildman–Crippen LogP) is 5.41. The smallest absolute Gasteiger partial charge is 0.338 e. The highest BCUT2D eigenvalue weighted by molar-refractivity contribution is 8.13. The minimum Gasteiger partial charge on any atom is -0.494 e. The Morgan fingerprint density at radius 2 is 1.89 bits per heavy atom. The average Bonchev–Trinajstić information content (AvgIpc) is 2.88. The number of amides is 1. The van der Waals surface area contributed by atoms with E-state index in [-0.39, 0.29) is 17.9 Å². The minimum atomic E-state index is -0.370. The van der Waals surface area contributed by atoms with Gasteiger partial charge < -0.3 is 19.7 Å². The highest BCUT2D eigenvalue weighted by atomic mass is 32.2. The van der Waals surface area contributed by atoms with Crippen molar-refractivity contribution in [1.29, 1.82) is 0 Å². The zero-order chi connectivity index (χ0) is 24.8. The van der Waals surface area contributed by atoms with Gasteiger partial charge >= 0.3 is 5.97 Å². The Balaban J connectivity index is 1.49. The SMILES string of the molecule is CCCCOc1ccc(C(=O)Nc2ccc([C@@H]3C(C(=O)OC)=C(C)N=C4SCCCN43)cc2)cc1. The number of allylic oxidation sites excluding steroid dienone is 1. The fraction of sp³-hybridized carbons (Fsp3) is 0.370. The van der Waals surface area contributed by atoms with Gasteiger partial charge in [0.15, 0.2) is 5.17 Å². The number of fused-ring (bicyclic) bond motifs is 1. The van der Waals surface area contributed by atoms with Crippen molar-refractivity contribution in [1.82, 2.24) is 4.90 Å². The van der Waals surface area contributed by atoms with Gasteiger partial charge in [-0.05, 0) is 61.7 Å². The summed E-state index contributed by atoms with van der Waals surface area (Å²) < 4.78 is 10.8. The Morgan fingerprint density at radius 3 is 2.57 bits per heavy atom. The van der Waals surface area contributed by atoms with Gasteiger partial charge in [-0.2, -0.15) is 0 Å². The van der Waals surface area contributed by atoms with Crippen molar-refractivity contribution in [3.8, 4) is 5.75 Å². The zero-order valence-electron chi connectivity index (χ0n) is 20.4. The van der Waals surface area contributed by atoms with Crippen LogP contribution in [0.15, 0.2) is 64.8 Å². The number of hydrogen-bond acceptors (Lipinski definition) is 7. The summed E-state index contributed by atoms with van der Waals surface area (Å²) in [6.45, 7) is 5.46. The van der Waals surface area contributed by atoms with E-state index in [4.69, 9.17) is 9.47 Å². The van der Waals surface area contributed by atoms with Crippen LogP contribution < -0.4 is 10.1 Å². The molecule has 0 aromatic heterocycles. The summed E-state index contributed by atoms with van der Waals surface area (Å²) in [5.74, 6) is 1.21. The van der Waals surface area contributed by atoms with E-state index in [1.54, 1.807) is 23.9 Å². The number of aliphatic imine (C=N–C) groups is 1. The Labute approximate surface area is 210 Å². The van der Waals surface area contributed by atoms with Gasteiger partial charge in [-0.15, -0.1) is 0 Å². The quantitative estimate of drug-likeness (QED) is 0.391. The summed E-state index contributed by atoms with van der Waals surface area (Å²) in [6, 6.07) is 14.5. The van der Waals surface area contributed by atoms with Crippen molar-refractivity contribution in [2.45, 2.75) is 39.2 Å². The van der Waals surface area contributed by atoms with Crippen LogP contribution in [0.25, 0.3) is 0 Å². The summed E-state index contributed by atoms with van der Waals surface area (Å²) in [4.78, 5) is 32.2. The van der Waals surface area contributed by atoms with Crippen molar-refractivity contribution in [2.24, 2.45) is 4.99 Å². The van der Waals surface area contributed by atoms with Crippen LogP contribution in [-0.4, -0.2) is 48.0 Å². The van der Waals surface area contributed by atoms with Gasteiger partial charge in [-0.3, -0.25) is 4.79 Å². The van der Waals surface area contributed by atoms with Gasteiger partial charge in [-0.25, -0.2) is 9.79 Å². The molecule has 35 heavy (non-hydrogen) atoms. The number of nitrogens with one attached hydrogen (secondary N) is 1. The van der Waals surface area contributed by atoms with Crippen molar-refractivity contribution in [3.05, 3.63) is 70.9 Å². The average molecular weight is 494 g/mol. The number of carbonyl (C=O) groups excluding carboxylic acids is 2. The molecule has 2 aromatic rings. The molecule has 2 aliphatic rings. The number of hydrogen-bond donors (Lipinski definition) is 1. The molecule has 2 aromatic carbocycles. The third-order valence-corrected chi connectivity index (χ3v) is 7.11. The number of amidine groups is 1. The number of nitrogens with zero attached hydrogens (tertiary/aromatic N) is 2. The van der Waals surface area contributed by atoms with Gasteiger partial charge in [0.1, 0.15) is 5.75 Å². The van der Waals surface area contributed by atoms with E-state index in [9.17, 15) is 9.59 Å². The predicted molar refractivity (Wildman–Crippen MR) is 140 cm³/mol. The first kappa shape index (κ1) is 24.9. The monoisotopic (exact) mass is 493 g/mol. The molecule has 0 saturated carbocycles. The Bertz CT molecular complexity index is 1130. The van der Waals surface area contributed by atoms with Crippen LogP contribution in [0.5, 0.6) is 5.75 Å². The number of thioether (sulfide) groups is 1. The largest absolute Gasteiger partial charge is 0.494 e. The lowest BCUT2D eigenvalue weighted by atomic mass is 9.94. The standard InChI is InChI=1S/C27H31N3O4S/c1-4-5-16-34-22-13-9-20(10-14-22)25(31)29-21-11-7-19(8-12-21)24-23(26(32)33-3)18(2)28-27-30(24)15-6-17-35-27/h7-14,24H,4-6,15-17H2,1-3H3,(H,29,31)/t24-/m1/s1. The molecule has 8 heteroatoms. The molecule has 2 aliphatic heterocycles. The highest BCUT2D eigenvalue weighted by Gasteiger charge is 2.37. The van der Waals surface area contributed by atoms with E-state index < -0.39 is 0 Å². The summed E-state index contributed by atoms with van der Waals surface area (Å²) in [6.07, 6.45) is 3.09. The van der Waals surface area contributed by atoms with E-state index in [0.29, 0.717) is 29.1 Å². The molecule has 4 rings (SSSR count). The van der Waals surface area contributed by atoms with Crippen molar-refractivity contribution in [2.75, 3.05) is 31.3 Å². The summed E-state index contributed by atoms with van der Waals surface area (Å²) >= 11 is 1.71. The molecule has 0 unspecified atom stereocenters. The maximum atomic E-state index is 12.7. The summed E-state index contributed by atoms with van der Waals surface area (Å²) in [7, 11) is 1.40. The van der Waals surface area contributed by atoms with Crippen molar-refractivity contribution < 1.29 is 19.1 Å². The van der Waals surface area contributed by atoms with Crippen molar-refractivity contribution >= 4 is 34.5 Å². The molecule has 0 bridgehead atoms. The van der Waals surface area contributed by atoms with Gasteiger partial charge in [0.25, 0.3) is 5.91 Å². The van der Waals surface area contributed by atoms with E-state index in [0.717, 1.165) is 48.0 Å². The second-order valence-electron chi connectivity index (χ2n) is 8.49. The van der Waals surface area contributed by atoms with Gasteiger partial charge in [0, 0.05) is 23.5 Å². The van der Waals surface area contributed by atoms with E-state index >= 15 is 0 Å². The number of carbonyl (C=O) groups is 2. The normalized spacial score (nSPS) is 17.4. The van der Waals surface area contributed by atoms with Crippen LogP contribution in [0, 0.1) is 0 Å². The molecular weight excluding hydrogens is 462 g/mol. The van der Waals surface area contributed by atoms with Gasteiger partial charge in [-0.1, -0.05) is 37.2 Å². The number of methoxy groups -OCH3 is 1. The number of esters is 1. The molecule has 1 saturated heterocycles. The van der Waals surface area contributed by atoms with Gasteiger partial charge in [0.05, 0.1) is 31.0 Å². The van der Waals surface area contributed by atoms with E-state index in [2.05, 4.69) is 22.1 Å². The third-order valence-electron chi connectivity index (χ3n) is 6.03. The minimum absolute atomic E-state index is 0.191. The lowest BCUT2D eigenvalue weighted by Gasteiger charge is -2.40. The first-order chi connectivity index (χ1) is 17.0. The number of unbranched alkanes of at least 4 members (excludes halogenated alkanes) is 1. The number of ether oxygens (including phenoxy) is 2. The molecule has 184 valence electrons. The molecule has 1 fully saturated rings. The maximum absolute atomic E-state index is 12.7. The highest BCUT2D eigenvalue weighted by Crippen LogP contribution is 2.40. The molecule has 0 radical (unpaired) electrons. The first-order valence-electron chi connectivity index (χ1n) is 11.9. The molecule has 7 nitrogen and oxygen atoms in total. The molecule has 0 aliphatic carbocycles. The van der Waals surface area contributed by atoms with Crippen LogP contribution in [0.3, 0.4) is 0 Å². The fourth-order valence-corrected chi connectivity index (χ4v) is 5.20.